The molecule has 112 valence electrons. The molecule has 0 bridgehead atoms. The lowest BCUT2D eigenvalue weighted by atomic mass is 9.82. The van der Waals surface area contributed by atoms with E-state index in [1.54, 1.807) is 0 Å². The Morgan fingerprint density at radius 1 is 1.10 bits per heavy atom. The van der Waals surface area contributed by atoms with Crippen molar-refractivity contribution in [3.63, 3.8) is 0 Å². The maximum atomic E-state index is 12.0. The summed E-state index contributed by atoms with van der Waals surface area (Å²) in [4.78, 5) is 32.8. The molecule has 1 aromatic rings. The number of esters is 1. The predicted molar refractivity (Wildman–Crippen MR) is 71.8 cm³/mol. The van der Waals surface area contributed by atoms with E-state index in [9.17, 15) is 19.7 Å². The number of carboxylic acid groups (broad SMARTS) is 1. The summed E-state index contributed by atoms with van der Waals surface area (Å²) >= 11 is 0. The van der Waals surface area contributed by atoms with Crippen molar-refractivity contribution in [2.75, 3.05) is 0 Å². The van der Waals surface area contributed by atoms with E-state index in [0.717, 1.165) is 0 Å². The van der Waals surface area contributed by atoms with Gasteiger partial charge in [0, 0.05) is 12.1 Å². The number of ether oxygens (including phenoxy) is 1. The SMILES string of the molecule is O=C(O)C1CCC(C(=O)Oc2ccc([N+](=O)[O-])cc2)CC1. The number of carboxylic acids is 1. The third-order valence-corrected chi connectivity index (χ3v) is 3.68. The second-order valence-electron chi connectivity index (χ2n) is 5.06. The number of hydrogen-bond acceptors (Lipinski definition) is 5. The van der Waals surface area contributed by atoms with Gasteiger partial charge in [0.2, 0.25) is 0 Å². The summed E-state index contributed by atoms with van der Waals surface area (Å²) in [6.45, 7) is 0. The fourth-order valence-corrected chi connectivity index (χ4v) is 2.41. The van der Waals surface area contributed by atoms with Gasteiger partial charge >= 0.3 is 11.9 Å². The van der Waals surface area contributed by atoms with Crippen molar-refractivity contribution in [3.8, 4) is 5.75 Å². The first-order valence-electron chi connectivity index (χ1n) is 6.66. The number of benzene rings is 1. The molecule has 0 heterocycles. The lowest BCUT2D eigenvalue weighted by Crippen LogP contribution is -2.28. The number of nitro benzene ring substituents is 1. The summed E-state index contributed by atoms with van der Waals surface area (Å²) < 4.78 is 5.18. The van der Waals surface area contributed by atoms with Crippen molar-refractivity contribution in [2.24, 2.45) is 11.8 Å². The molecule has 0 spiro atoms. The largest absolute Gasteiger partial charge is 0.481 e. The van der Waals surface area contributed by atoms with Gasteiger partial charge in [-0.05, 0) is 37.8 Å². The van der Waals surface area contributed by atoms with Crippen molar-refractivity contribution in [3.05, 3.63) is 34.4 Å². The van der Waals surface area contributed by atoms with Crippen LogP contribution < -0.4 is 4.74 Å². The first-order valence-corrected chi connectivity index (χ1v) is 6.66. The van der Waals surface area contributed by atoms with E-state index < -0.39 is 16.9 Å². The molecule has 1 aliphatic rings. The molecule has 0 saturated heterocycles. The molecular formula is C14H15NO6. The average Bonchev–Trinajstić information content (AvgIpc) is 2.47. The van der Waals surface area contributed by atoms with Gasteiger partial charge in [0.05, 0.1) is 16.8 Å². The van der Waals surface area contributed by atoms with Gasteiger partial charge in [0.15, 0.2) is 0 Å². The first kappa shape index (κ1) is 15.0. The van der Waals surface area contributed by atoms with Crippen LogP contribution in [0.5, 0.6) is 5.75 Å². The number of aliphatic carboxylic acids is 1. The van der Waals surface area contributed by atoms with Crippen LogP contribution in [-0.4, -0.2) is 22.0 Å². The second kappa shape index (κ2) is 6.34. The Hall–Kier alpha value is -2.44. The van der Waals surface area contributed by atoms with Crippen molar-refractivity contribution in [2.45, 2.75) is 25.7 Å². The van der Waals surface area contributed by atoms with E-state index in [2.05, 4.69) is 0 Å². The van der Waals surface area contributed by atoms with Crippen LogP contribution in [0.2, 0.25) is 0 Å². The number of hydrogen-bond donors (Lipinski definition) is 1. The minimum Gasteiger partial charge on any atom is -0.481 e. The molecule has 0 radical (unpaired) electrons. The molecule has 7 nitrogen and oxygen atoms in total. The predicted octanol–water partition coefficient (Wildman–Crippen LogP) is 2.39. The Kier molecular flexibility index (Phi) is 4.52. The molecule has 1 aliphatic carbocycles. The number of carbonyl (C=O) groups excluding carboxylic acids is 1. The maximum absolute atomic E-state index is 12.0. The molecule has 1 aromatic carbocycles. The molecule has 1 saturated carbocycles. The van der Waals surface area contributed by atoms with Gasteiger partial charge in [0.25, 0.3) is 5.69 Å². The van der Waals surface area contributed by atoms with Crippen LogP contribution in [0.15, 0.2) is 24.3 Å². The number of carbonyl (C=O) groups is 2. The van der Waals surface area contributed by atoms with Gasteiger partial charge in [-0.25, -0.2) is 0 Å². The second-order valence-corrected chi connectivity index (χ2v) is 5.06. The summed E-state index contributed by atoms with van der Waals surface area (Å²) in [6, 6.07) is 5.28. The molecule has 1 fully saturated rings. The fourth-order valence-electron chi connectivity index (χ4n) is 2.41. The van der Waals surface area contributed by atoms with E-state index >= 15 is 0 Å². The minimum absolute atomic E-state index is 0.0724. The van der Waals surface area contributed by atoms with E-state index in [1.165, 1.54) is 24.3 Å². The number of nitro groups is 1. The van der Waals surface area contributed by atoms with Crippen LogP contribution in [0.4, 0.5) is 5.69 Å². The summed E-state index contributed by atoms with van der Waals surface area (Å²) in [7, 11) is 0. The monoisotopic (exact) mass is 293 g/mol. The Labute approximate surface area is 120 Å². The zero-order valence-electron chi connectivity index (χ0n) is 11.2. The Balaban J connectivity index is 1.90. The van der Waals surface area contributed by atoms with E-state index in [1.807, 2.05) is 0 Å². The molecule has 0 aliphatic heterocycles. The summed E-state index contributed by atoms with van der Waals surface area (Å²) in [6.07, 6.45) is 1.91. The van der Waals surface area contributed by atoms with Crippen LogP contribution in [0, 0.1) is 22.0 Å². The van der Waals surface area contributed by atoms with Crippen molar-refractivity contribution >= 4 is 17.6 Å². The third-order valence-electron chi connectivity index (χ3n) is 3.68. The van der Waals surface area contributed by atoms with Crippen LogP contribution in [0.1, 0.15) is 25.7 Å². The lowest BCUT2D eigenvalue weighted by Gasteiger charge is -2.24. The summed E-state index contributed by atoms with van der Waals surface area (Å²) in [5.41, 5.74) is -0.0724. The number of nitrogens with zero attached hydrogens (tertiary/aromatic N) is 1. The smallest absolute Gasteiger partial charge is 0.314 e. The quantitative estimate of drug-likeness (QED) is 0.395. The van der Waals surface area contributed by atoms with Gasteiger partial charge in [-0.15, -0.1) is 0 Å². The lowest BCUT2D eigenvalue weighted by molar-refractivity contribution is -0.384. The molecule has 0 atom stereocenters. The molecule has 0 unspecified atom stereocenters. The minimum atomic E-state index is -0.822. The molecular weight excluding hydrogens is 278 g/mol. The zero-order chi connectivity index (χ0) is 15.4. The van der Waals surface area contributed by atoms with Gasteiger partial charge in [0.1, 0.15) is 5.75 Å². The van der Waals surface area contributed by atoms with Crippen LogP contribution in [-0.2, 0) is 9.59 Å². The molecule has 21 heavy (non-hydrogen) atoms. The Bertz CT molecular complexity index is 545. The van der Waals surface area contributed by atoms with Gasteiger partial charge in [-0.3, -0.25) is 19.7 Å². The standard InChI is InChI=1S/C14H15NO6/c16-13(17)9-1-3-10(4-2-9)14(18)21-12-7-5-11(6-8-12)15(19)20/h5-10H,1-4H2,(H,16,17). The molecule has 1 N–H and O–H groups in total. The van der Waals surface area contributed by atoms with Crippen LogP contribution in [0.25, 0.3) is 0 Å². The highest BCUT2D eigenvalue weighted by Gasteiger charge is 2.30. The maximum Gasteiger partial charge on any atom is 0.314 e. The topological polar surface area (TPSA) is 107 Å². The first-order chi connectivity index (χ1) is 9.97. The highest BCUT2D eigenvalue weighted by molar-refractivity contribution is 5.76. The highest BCUT2D eigenvalue weighted by atomic mass is 16.6. The van der Waals surface area contributed by atoms with E-state index in [-0.39, 0.29) is 23.3 Å². The normalized spacial score (nSPS) is 21.5. The van der Waals surface area contributed by atoms with E-state index in [0.29, 0.717) is 25.7 Å². The number of non-ortho nitro benzene ring substituents is 1. The van der Waals surface area contributed by atoms with Gasteiger partial charge in [-0.1, -0.05) is 0 Å². The van der Waals surface area contributed by atoms with Gasteiger partial charge < -0.3 is 9.84 Å². The van der Waals surface area contributed by atoms with Crippen molar-refractivity contribution in [1.82, 2.24) is 0 Å². The molecule has 0 aromatic heterocycles. The molecule has 7 heteroatoms. The summed E-state index contributed by atoms with van der Waals surface area (Å²) in [5, 5.41) is 19.4. The average molecular weight is 293 g/mol. The van der Waals surface area contributed by atoms with Crippen molar-refractivity contribution in [1.29, 1.82) is 0 Å². The highest BCUT2D eigenvalue weighted by Crippen LogP contribution is 2.30. The van der Waals surface area contributed by atoms with Crippen molar-refractivity contribution < 1.29 is 24.4 Å². The fraction of sp³-hybridized carbons (Fsp3) is 0.429. The van der Waals surface area contributed by atoms with E-state index in [4.69, 9.17) is 9.84 Å². The number of rotatable bonds is 4. The van der Waals surface area contributed by atoms with Crippen LogP contribution in [0.3, 0.4) is 0 Å². The van der Waals surface area contributed by atoms with Gasteiger partial charge in [-0.2, -0.15) is 0 Å². The molecule has 2 rings (SSSR count). The molecule has 0 amide bonds. The zero-order valence-corrected chi connectivity index (χ0v) is 11.2. The Morgan fingerprint density at radius 3 is 2.10 bits per heavy atom. The Morgan fingerprint density at radius 2 is 1.62 bits per heavy atom. The third kappa shape index (κ3) is 3.77. The summed E-state index contributed by atoms with van der Waals surface area (Å²) in [5.74, 6) is -1.67. The van der Waals surface area contributed by atoms with Crippen LogP contribution >= 0.6 is 0 Å².